The molecule has 0 aliphatic carbocycles. The molecule has 0 amide bonds. The SMILES string of the molecule is Cc1ccc(N(C)c2cc(F)cc(C#N)c2)c(C)c1. The van der Waals surface area contributed by atoms with E-state index in [0.29, 0.717) is 11.3 Å². The predicted octanol–water partition coefficient (Wildman–Crippen LogP) is 4.08. The third-order valence-corrected chi connectivity index (χ3v) is 3.11. The fourth-order valence-electron chi connectivity index (χ4n) is 2.15. The van der Waals surface area contributed by atoms with Crippen molar-refractivity contribution >= 4 is 11.4 Å². The maximum Gasteiger partial charge on any atom is 0.126 e. The van der Waals surface area contributed by atoms with Crippen LogP contribution in [0.25, 0.3) is 0 Å². The van der Waals surface area contributed by atoms with Gasteiger partial charge in [-0.2, -0.15) is 5.26 Å². The average molecular weight is 254 g/mol. The van der Waals surface area contributed by atoms with E-state index in [1.54, 1.807) is 6.07 Å². The summed E-state index contributed by atoms with van der Waals surface area (Å²) in [4.78, 5) is 1.89. The number of rotatable bonds is 2. The van der Waals surface area contributed by atoms with Crippen molar-refractivity contribution in [3.63, 3.8) is 0 Å². The van der Waals surface area contributed by atoms with Crippen molar-refractivity contribution in [2.75, 3.05) is 11.9 Å². The van der Waals surface area contributed by atoms with E-state index < -0.39 is 5.82 Å². The molecule has 0 N–H and O–H groups in total. The Morgan fingerprint density at radius 3 is 2.47 bits per heavy atom. The quantitative estimate of drug-likeness (QED) is 0.807. The molecule has 2 aromatic rings. The van der Waals surface area contributed by atoms with Crippen molar-refractivity contribution in [2.24, 2.45) is 0 Å². The number of anilines is 2. The maximum atomic E-state index is 13.5. The second-order valence-electron chi connectivity index (χ2n) is 4.66. The maximum absolute atomic E-state index is 13.5. The van der Waals surface area contributed by atoms with Gasteiger partial charge >= 0.3 is 0 Å². The lowest BCUT2D eigenvalue weighted by Gasteiger charge is -2.22. The van der Waals surface area contributed by atoms with Crippen molar-refractivity contribution in [2.45, 2.75) is 13.8 Å². The first-order valence-electron chi connectivity index (χ1n) is 6.03. The molecular weight excluding hydrogens is 239 g/mol. The van der Waals surface area contributed by atoms with Crippen LogP contribution in [0.1, 0.15) is 16.7 Å². The summed E-state index contributed by atoms with van der Waals surface area (Å²) in [5, 5.41) is 8.89. The Morgan fingerprint density at radius 2 is 1.84 bits per heavy atom. The second kappa shape index (κ2) is 5.11. The van der Waals surface area contributed by atoms with E-state index in [4.69, 9.17) is 5.26 Å². The third-order valence-electron chi connectivity index (χ3n) is 3.11. The highest BCUT2D eigenvalue weighted by Crippen LogP contribution is 2.28. The summed E-state index contributed by atoms with van der Waals surface area (Å²) in [6.45, 7) is 4.05. The molecule has 3 heteroatoms. The van der Waals surface area contributed by atoms with Crippen LogP contribution in [0.2, 0.25) is 0 Å². The Bertz CT molecular complexity index is 656. The second-order valence-corrected chi connectivity index (χ2v) is 4.66. The molecule has 0 spiro atoms. The minimum Gasteiger partial charge on any atom is -0.344 e. The van der Waals surface area contributed by atoms with E-state index >= 15 is 0 Å². The van der Waals surface area contributed by atoms with Crippen LogP contribution >= 0.6 is 0 Å². The van der Waals surface area contributed by atoms with Gasteiger partial charge in [0.05, 0.1) is 11.6 Å². The van der Waals surface area contributed by atoms with Crippen molar-refractivity contribution < 1.29 is 4.39 Å². The number of halogens is 1. The molecule has 0 unspecified atom stereocenters. The smallest absolute Gasteiger partial charge is 0.126 e. The Hall–Kier alpha value is -2.34. The van der Waals surface area contributed by atoms with E-state index in [9.17, 15) is 4.39 Å². The highest BCUT2D eigenvalue weighted by atomic mass is 19.1. The van der Waals surface area contributed by atoms with Crippen LogP contribution in [0.5, 0.6) is 0 Å². The van der Waals surface area contributed by atoms with Gasteiger partial charge in [-0.1, -0.05) is 17.7 Å². The Balaban J connectivity index is 2.47. The van der Waals surface area contributed by atoms with Gasteiger partial charge in [0.2, 0.25) is 0 Å². The van der Waals surface area contributed by atoms with Crippen LogP contribution in [0.15, 0.2) is 36.4 Å². The van der Waals surface area contributed by atoms with Gasteiger partial charge in [-0.3, -0.25) is 0 Å². The summed E-state index contributed by atoms with van der Waals surface area (Å²) < 4.78 is 13.5. The number of hydrogen-bond acceptors (Lipinski definition) is 2. The normalized spacial score (nSPS) is 10.1. The van der Waals surface area contributed by atoms with E-state index in [1.807, 2.05) is 44.0 Å². The lowest BCUT2D eigenvalue weighted by Crippen LogP contribution is -2.11. The molecule has 0 aliphatic heterocycles. The molecule has 0 bridgehead atoms. The topological polar surface area (TPSA) is 27.0 Å². The van der Waals surface area contributed by atoms with Gasteiger partial charge in [0.1, 0.15) is 5.82 Å². The molecule has 0 aromatic heterocycles. The van der Waals surface area contributed by atoms with Gasteiger partial charge in [-0.25, -0.2) is 4.39 Å². The minimum absolute atomic E-state index is 0.326. The lowest BCUT2D eigenvalue weighted by molar-refractivity contribution is 0.627. The molecule has 0 aliphatic rings. The van der Waals surface area contributed by atoms with Gasteiger partial charge < -0.3 is 4.90 Å². The third kappa shape index (κ3) is 2.74. The molecule has 2 nitrogen and oxygen atoms in total. The van der Waals surface area contributed by atoms with Crippen LogP contribution < -0.4 is 4.90 Å². The van der Waals surface area contributed by atoms with Crippen LogP contribution in [0, 0.1) is 31.0 Å². The summed E-state index contributed by atoms with van der Waals surface area (Å²) in [6.07, 6.45) is 0. The van der Waals surface area contributed by atoms with Crippen LogP contribution in [0.4, 0.5) is 15.8 Å². The summed E-state index contributed by atoms with van der Waals surface area (Å²) >= 11 is 0. The van der Waals surface area contributed by atoms with Crippen LogP contribution in [0.3, 0.4) is 0 Å². The summed E-state index contributed by atoms with van der Waals surface area (Å²) in [5.74, 6) is -0.398. The minimum atomic E-state index is -0.398. The largest absolute Gasteiger partial charge is 0.344 e. The van der Waals surface area contributed by atoms with Gasteiger partial charge in [0.25, 0.3) is 0 Å². The number of nitrogens with zero attached hydrogens (tertiary/aromatic N) is 2. The molecule has 0 saturated heterocycles. The van der Waals surface area contributed by atoms with Crippen molar-refractivity contribution in [3.05, 3.63) is 58.9 Å². The fourth-order valence-corrected chi connectivity index (χ4v) is 2.15. The molecule has 96 valence electrons. The first kappa shape index (κ1) is 13.1. The van der Waals surface area contributed by atoms with Crippen molar-refractivity contribution in [3.8, 4) is 6.07 Å². The van der Waals surface area contributed by atoms with Crippen molar-refractivity contribution in [1.82, 2.24) is 0 Å². The number of aryl methyl sites for hydroxylation is 2. The zero-order valence-electron chi connectivity index (χ0n) is 11.2. The Kier molecular flexibility index (Phi) is 3.52. The Morgan fingerprint density at radius 1 is 1.11 bits per heavy atom. The molecule has 0 heterocycles. The predicted molar refractivity (Wildman–Crippen MR) is 75.1 cm³/mol. The molecule has 0 fully saturated rings. The zero-order chi connectivity index (χ0) is 14.0. The standard InChI is InChI=1S/C16H15FN2/c1-11-4-5-16(12(2)6-11)19(3)15-8-13(10-18)7-14(17)9-15/h4-9H,1-3H3. The van der Waals surface area contributed by atoms with Crippen molar-refractivity contribution in [1.29, 1.82) is 5.26 Å². The zero-order valence-corrected chi connectivity index (χ0v) is 11.2. The first-order valence-corrected chi connectivity index (χ1v) is 6.03. The first-order chi connectivity index (χ1) is 9.01. The van der Waals surface area contributed by atoms with Crippen LogP contribution in [-0.2, 0) is 0 Å². The molecule has 0 saturated carbocycles. The number of benzene rings is 2. The highest BCUT2D eigenvalue weighted by molar-refractivity contribution is 5.67. The van der Waals surface area contributed by atoms with E-state index in [2.05, 4.69) is 6.07 Å². The lowest BCUT2D eigenvalue weighted by atomic mass is 10.1. The summed E-state index contributed by atoms with van der Waals surface area (Å²) in [5.41, 5.74) is 4.30. The van der Waals surface area contributed by atoms with Gasteiger partial charge in [0, 0.05) is 18.4 Å². The van der Waals surface area contributed by atoms with E-state index in [0.717, 1.165) is 11.3 Å². The Labute approximate surface area is 112 Å². The molecule has 19 heavy (non-hydrogen) atoms. The average Bonchev–Trinajstić information content (AvgIpc) is 2.37. The monoisotopic (exact) mass is 254 g/mol. The van der Waals surface area contributed by atoms with Gasteiger partial charge in [-0.15, -0.1) is 0 Å². The molecule has 2 rings (SSSR count). The summed E-state index contributed by atoms with van der Waals surface area (Å²) in [6, 6.07) is 12.4. The number of hydrogen-bond donors (Lipinski definition) is 0. The van der Waals surface area contributed by atoms with Gasteiger partial charge in [-0.05, 0) is 43.7 Å². The molecular formula is C16H15FN2. The van der Waals surface area contributed by atoms with Gasteiger partial charge in [0.15, 0.2) is 0 Å². The van der Waals surface area contributed by atoms with E-state index in [1.165, 1.54) is 17.7 Å². The van der Waals surface area contributed by atoms with E-state index in [-0.39, 0.29) is 0 Å². The fraction of sp³-hybridized carbons (Fsp3) is 0.188. The molecule has 0 radical (unpaired) electrons. The molecule has 2 aromatic carbocycles. The van der Waals surface area contributed by atoms with Crippen LogP contribution in [-0.4, -0.2) is 7.05 Å². The summed E-state index contributed by atoms with van der Waals surface area (Å²) in [7, 11) is 1.87. The molecule has 0 atom stereocenters. The number of nitriles is 1. The highest BCUT2D eigenvalue weighted by Gasteiger charge is 2.09.